The lowest BCUT2D eigenvalue weighted by Crippen LogP contribution is -2.47. The van der Waals surface area contributed by atoms with Crippen molar-refractivity contribution >= 4 is 34.8 Å². The van der Waals surface area contributed by atoms with Crippen LogP contribution in [0.5, 0.6) is 0 Å². The number of hydrogen-bond donors (Lipinski definition) is 3. The van der Waals surface area contributed by atoms with Crippen molar-refractivity contribution in [3.8, 4) is 22.4 Å². The zero-order chi connectivity index (χ0) is 41.7. The molecule has 0 bridgehead atoms. The quantitative estimate of drug-likeness (QED) is 0.103. The first-order chi connectivity index (χ1) is 28.4. The van der Waals surface area contributed by atoms with Crippen LogP contribution in [-0.2, 0) is 21.5 Å². The number of fused-ring (bicyclic) bond motifs is 1. The van der Waals surface area contributed by atoms with Crippen molar-refractivity contribution < 1.29 is 14.4 Å². The van der Waals surface area contributed by atoms with E-state index in [1.165, 1.54) is 11.3 Å². The average Bonchev–Trinajstić information content (AvgIpc) is 3.92. The van der Waals surface area contributed by atoms with E-state index in [0.29, 0.717) is 18.5 Å². The molecule has 306 valence electrons. The molecule has 3 aromatic carbocycles. The van der Waals surface area contributed by atoms with Gasteiger partial charge in [0.05, 0.1) is 29.4 Å². The van der Waals surface area contributed by atoms with Crippen molar-refractivity contribution in [2.45, 2.75) is 71.4 Å². The van der Waals surface area contributed by atoms with Gasteiger partial charge in [0, 0.05) is 74.6 Å². The van der Waals surface area contributed by atoms with E-state index < -0.39 is 0 Å². The lowest BCUT2D eigenvalue weighted by Gasteiger charge is -2.36. The molecule has 0 saturated carbocycles. The van der Waals surface area contributed by atoms with Crippen molar-refractivity contribution in [2.75, 3.05) is 44.7 Å². The third kappa shape index (κ3) is 9.41. The van der Waals surface area contributed by atoms with E-state index in [4.69, 9.17) is 4.98 Å². The largest absolute Gasteiger partial charge is 0.369 e. The molecule has 1 unspecified atom stereocenters. The van der Waals surface area contributed by atoms with Crippen LogP contribution in [0.1, 0.15) is 85.2 Å². The molecule has 1 aliphatic rings. The Morgan fingerprint density at radius 3 is 2.32 bits per heavy atom. The number of aldehydes is 1. The van der Waals surface area contributed by atoms with E-state index in [1.54, 1.807) is 17.9 Å². The van der Waals surface area contributed by atoms with Crippen LogP contribution in [0.4, 0.5) is 5.69 Å². The Balaban J connectivity index is 0.945. The second-order valence-electron chi connectivity index (χ2n) is 16.5. The van der Waals surface area contributed by atoms with Crippen molar-refractivity contribution in [1.82, 2.24) is 45.7 Å². The van der Waals surface area contributed by atoms with E-state index in [9.17, 15) is 14.4 Å². The Hall–Kier alpha value is -6.21. The molecule has 6 aromatic rings. The first-order valence-electron chi connectivity index (χ1n) is 20.4. The highest BCUT2D eigenvalue weighted by molar-refractivity contribution is 5.94. The predicted molar refractivity (Wildman–Crippen MR) is 231 cm³/mol. The number of anilines is 1. The number of pyridine rings is 1. The second kappa shape index (κ2) is 17.7. The van der Waals surface area contributed by atoms with Crippen molar-refractivity contribution in [3.63, 3.8) is 0 Å². The normalized spacial score (nSPS) is 14.6. The standard InChI is InChI=1S/C46H54N10O3/c1-30-26-35(15-18-38(30)31(2)49-45(59)41-29-56(53-50-41)46(3,4)5)42-40-27-36(28-48-43(40)52-51-42)33-13-16-37(17-14-33)55-23-21-54(22-24-55)20-19-32-9-11-34(12-10-32)39(8-7-25-57)44(58)47-6/h9-18,25-29,31,39H,7-8,19-24H2,1-6H3,(H,47,58)(H,49,59)(H,48,51,52)/t31-,39?/m1/s1. The van der Waals surface area contributed by atoms with Gasteiger partial charge >= 0.3 is 0 Å². The van der Waals surface area contributed by atoms with Crippen molar-refractivity contribution in [1.29, 1.82) is 0 Å². The number of nitrogens with zero attached hydrogens (tertiary/aromatic N) is 7. The second-order valence-corrected chi connectivity index (χ2v) is 16.5. The SMILES string of the molecule is CNC(=O)C(CCC=O)c1ccc(CCN2CCN(c3ccc(-c4cnc5n[nH]c(-c6ccc([C@@H](C)NC(=O)c7cn(C(C)(C)C)nn7)c(C)c6)c5c4)cc3)CC2)cc1. The molecule has 7 rings (SSSR count). The number of benzene rings is 3. The number of nitrogens with one attached hydrogen (secondary N) is 3. The van der Waals surface area contributed by atoms with Gasteiger partial charge in [0.2, 0.25) is 5.91 Å². The molecule has 2 atom stereocenters. The smallest absolute Gasteiger partial charge is 0.273 e. The summed E-state index contributed by atoms with van der Waals surface area (Å²) >= 11 is 0. The fourth-order valence-electron chi connectivity index (χ4n) is 7.79. The highest BCUT2D eigenvalue weighted by Gasteiger charge is 2.23. The Morgan fingerprint density at radius 1 is 0.932 bits per heavy atom. The average molecular weight is 795 g/mol. The van der Waals surface area contributed by atoms with Crippen molar-refractivity contribution in [3.05, 3.63) is 113 Å². The summed E-state index contributed by atoms with van der Waals surface area (Å²) in [7, 11) is 1.64. The molecule has 2 amide bonds. The number of amides is 2. The molecule has 1 fully saturated rings. The van der Waals surface area contributed by atoms with Crippen molar-refractivity contribution in [2.24, 2.45) is 0 Å². The Kier molecular flexibility index (Phi) is 12.3. The van der Waals surface area contributed by atoms with Gasteiger partial charge in [-0.3, -0.25) is 19.6 Å². The van der Waals surface area contributed by atoms with Crippen LogP contribution < -0.4 is 15.5 Å². The van der Waals surface area contributed by atoms with E-state index in [-0.39, 0.29) is 35.0 Å². The minimum Gasteiger partial charge on any atom is -0.369 e. The number of hydrogen-bond acceptors (Lipinski definition) is 9. The van der Waals surface area contributed by atoms with Crippen LogP contribution >= 0.6 is 0 Å². The van der Waals surface area contributed by atoms with Crippen LogP contribution in [0.3, 0.4) is 0 Å². The van der Waals surface area contributed by atoms with Gasteiger partial charge in [-0.05, 0) is 99.5 Å². The Labute approximate surface area is 345 Å². The molecule has 0 radical (unpaired) electrons. The molecule has 3 N–H and O–H groups in total. The highest BCUT2D eigenvalue weighted by atomic mass is 16.2. The number of carbonyl (C=O) groups excluding carboxylic acids is 3. The number of aryl methyl sites for hydroxylation is 1. The number of piperazine rings is 1. The van der Waals surface area contributed by atoms with Gasteiger partial charge in [0.1, 0.15) is 6.29 Å². The minimum atomic E-state index is -0.306. The van der Waals surface area contributed by atoms with Gasteiger partial charge in [0.25, 0.3) is 5.91 Å². The molecule has 1 saturated heterocycles. The van der Waals surface area contributed by atoms with E-state index in [0.717, 1.165) is 89.9 Å². The summed E-state index contributed by atoms with van der Waals surface area (Å²) in [6, 6.07) is 25.1. The fraction of sp³-hybridized carbons (Fsp3) is 0.370. The first kappa shape index (κ1) is 41.0. The number of H-pyrrole nitrogens is 1. The van der Waals surface area contributed by atoms with Crippen LogP contribution in [0.25, 0.3) is 33.4 Å². The summed E-state index contributed by atoms with van der Waals surface area (Å²) in [5.74, 6) is -0.625. The van der Waals surface area contributed by atoms with Gasteiger partial charge in [0.15, 0.2) is 11.3 Å². The maximum absolute atomic E-state index is 13.0. The molecular formula is C46H54N10O3. The molecule has 0 aliphatic carbocycles. The maximum Gasteiger partial charge on any atom is 0.273 e. The fourth-order valence-corrected chi connectivity index (χ4v) is 7.79. The van der Waals surface area contributed by atoms with Gasteiger partial charge in [-0.25, -0.2) is 9.67 Å². The van der Waals surface area contributed by atoms with Gasteiger partial charge in [-0.2, -0.15) is 5.10 Å². The van der Waals surface area contributed by atoms with E-state index in [2.05, 4.69) is 102 Å². The van der Waals surface area contributed by atoms with Gasteiger partial charge < -0.3 is 20.3 Å². The maximum atomic E-state index is 13.0. The van der Waals surface area contributed by atoms with Crippen LogP contribution in [-0.4, -0.2) is 92.9 Å². The lowest BCUT2D eigenvalue weighted by atomic mass is 9.92. The summed E-state index contributed by atoms with van der Waals surface area (Å²) in [6.45, 7) is 14.9. The number of rotatable bonds is 14. The number of likely N-dealkylation sites (N-methyl/N-ethyl adjacent to an activating group) is 1. The third-order valence-corrected chi connectivity index (χ3v) is 11.4. The van der Waals surface area contributed by atoms with E-state index in [1.807, 2.05) is 52.9 Å². The molecule has 13 nitrogen and oxygen atoms in total. The molecule has 1 aliphatic heterocycles. The zero-order valence-electron chi connectivity index (χ0n) is 34.8. The summed E-state index contributed by atoms with van der Waals surface area (Å²) in [4.78, 5) is 45.9. The Morgan fingerprint density at radius 2 is 1.66 bits per heavy atom. The number of aromatic amines is 1. The number of aromatic nitrogens is 6. The zero-order valence-corrected chi connectivity index (χ0v) is 34.8. The van der Waals surface area contributed by atoms with Crippen LogP contribution in [0.15, 0.2) is 85.2 Å². The third-order valence-electron chi connectivity index (χ3n) is 11.4. The monoisotopic (exact) mass is 794 g/mol. The molecular weight excluding hydrogens is 741 g/mol. The minimum absolute atomic E-state index is 0.0559. The number of carbonyl (C=O) groups is 3. The van der Waals surface area contributed by atoms with E-state index >= 15 is 0 Å². The summed E-state index contributed by atoms with van der Waals surface area (Å²) in [5, 5.41) is 22.7. The van der Waals surface area contributed by atoms with Gasteiger partial charge in [-0.1, -0.05) is 53.7 Å². The van der Waals surface area contributed by atoms with Gasteiger partial charge in [-0.15, -0.1) is 5.10 Å². The lowest BCUT2D eigenvalue weighted by molar-refractivity contribution is -0.122. The molecule has 59 heavy (non-hydrogen) atoms. The molecule has 3 aromatic heterocycles. The summed E-state index contributed by atoms with van der Waals surface area (Å²) in [6.07, 6.45) is 6.25. The molecule has 13 heteroatoms. The molecule has 0 spiro atoms. The first-order valence-corrected chi connectivity index (χ1v) is 20.4. The van der Waals surface area contributed by atoms with Crippen LogP contribution in [0, 0.1) is 6.92 Å². The predicted octanol–water partition coefficient (Wildman–Crippen LogP) is 6.61. The summed E-state index contributed by atoms with van der Waals surface area (Å²) < 4.78 is 1.69. The summed E-state index contributed by atoms with van der Waals surface area (Å²) in [5.41, 5.74) is 10.1. The highest BCUT2D eigenvalue weighted by Crippen LogP contribution is 2.32. The van der Waals surface area contributed by atoms with Crippen LogP contribution in [0.2, 0.25) is 0 Å². The Bertz CT molecular complexity index is 2400. The topological polar surface area (TPSA) is 154 Å². The molecule has 4 heterocycles.